The molecule has 0 radical (unpaired) electrons. The first kappa shape index (κ1) is 33.0. The smallest absolute Gasteiger partial charge is 0.0132 e. The van der Waals surface area contributed by atoms with Gasteiger partial charge in [-0.25, -0.2) is 12.2 Å². The summed E-state index contributed by atoms with van der Waals surface area (Å²) >= 11 is 8.34. The Hall–Kier alpha value is -1.93. The van der Waals surface area contributed by atoms with E-state index in [1.165, 1.54) is 71.9 Å². The van der Waals surface area contributed by atoms with Gasteiger partial charge in [-0.2, -0.15) is 35.4 Å². The van der Waals surface area contributed by atoms with E-state index in [2.05, 4.69) is 170 Å². The maximum absolute atomic E-state index is 3.53. The molecule has 0 N–H and O–H groups in total. The van der Waals surface area contributed by atoms with Gasteiger partial charge in [0.2, 0.25) is 0 Å². The van der Waals surface area contributed by atoms with E-state index in [1.807, 2.05) is 12.2 Å². The number of hydrogen-bond acceptors (Lipinski definition) is 0. The number of fused-ring (bicyclic) bond motifs is 3. The molecule has 0 spiro atoms. The van der Waals surface area contributed by atoms with Crippen LogP contribution in [0.3, 0.4) is 0 Å². The van der Waals surface area contributed by atoms with Crippen LogP contribution in [-0.2, 0) is 41.5 Å². The van der Waals surface area contributed by atoms with Crippen molar-refractivity contribution in [2.24, 2.45) is 0 Å². The number of halogens is 2. The van der Waals surface area contributed by atoms with E-state index in [4.69, 9.17) is 0 Å². The van der Waals surface area contributed by atoms with Crippen molar-refractivity contribution < 1.29 is 24.2 Å². The molecule has 0 aromatic heterocycles. The molecule has 0 saturated carbocycles. The van der Waals surface area contributed by atoms with Crippen LogP contribution in [0.1, 0.15) is 81.3 Å². The van der Waals surface area contributed by atoms with Crippen molar-refractivity contribution in [2.45, 2.75) is 65.2 Å². The van der Waals surface area contributed by atoms with Crippen LogP contribution in [0.5, 0.6) is 0 Å². The van der Waals surface area contributed by atoms with E-state index in [1.54, 1.807) is 0 Å². The molecule has 0 heterocycles. The van der Waals surface area contributed by atoms with Gasteiger partial charge in [0.1, 0.15) is 0 Å². The summed E-state index contributed by atoms with van der Waals surface area (Å²) in [6.07, 6.45) is 11.0. The predicted molar refractivity (Wildman–Crippen MR) is 184 cm³/mol. The van der Waals surface area contributed by atoms with Gasteiger partial charge in [0.15, 0.2) is 0 Å². The fraction of sp³-hybridized carbons (Fsp3) is 0.256. The van der Waals surface area contributed by atoms with Crippen molar-refractivity contribution in [1.82, 2.24) is 0 Å². The molecule has 0 bridgehead atoms. The fourth-order valence-corrected chi connectivity index (χ4v) is 6.07. The Balaban J connectivity index is 0.000000170. The van der Waals surface area contributed by atoms with Crippen molar-refractivity contribution in [3.63, 3.8) is 0 Å². The van der Waals surface area contributed by atoms with Crippen LogP contribution in [0.2, 0.25) is 0 Å². The number of rotatable bonds is 2. The van der Waals surface area contributed by atoms with Gasteiger partial charge in [0.05, 0.1) is 0 Å². The van der Waals surface area contributed by atoms with Crippen LogP contribution in [-0.4, -0.2) is 3.21 Å². The molecule has 3 heteroatoms. The second kappa shape index (κ2) is 14.2. The summed E-state index contributed by atoms with van der Waals surface area (Å²) in [4.78, 5) is 0. The van der Waals surface area contributed by atoms with Gasteiger partial charge in [-0.05, 0) is 17.4 Å². The largest absolute Gasteiger partial charge is 0.273 e. The SMILES string of the molecule is Brc1ccc([C](=[Zr+2])c2ccc(Br)cc2)cc1.CC(C)(C)c1c[c-]c2c(c1)-c1cc(C(C)(C)C)ccc1C2.[C-]1=CC=CC1. The molecule has 0 aliphatic heterocycles. The molecule has 42 heavy (non-hydrogen) atoms. The molecule has 2 aliphatic carbocycles. The molecular weight excluding hydrogens is 719 g/mol. The molecule has 0 unspecified atom stereocenters. The Kier molecular flexibility index (Phi) is 11.2. The maximum Gasteiger partial charge on any atom is -0.0132 e. The number of benzene rings is 4. The van der Waals surface area contributed by atoms with Crippen LogP contribution in [0.4, 0.5) is 0 Å². The Morgan fingerprint density at radius 2 is 1.26 bits per heavy atom. The maximum atomic E-state index is 3.53. The Labute approximate surface area is 284 Å². The summed E-state index contributed by atoms with van der Waals surface area (Å²) in [5, 5.41) is 0. The van der Waals surface area contributed by atoms with Crippen LogP contribution >= 0.6 is 31.9 Å². The molecular formula is C39H38Br2Zr. The van der Waals surface area contributed by atoms with Gasteiger partial charge in [-0.1, -0.05) is 76.3 Å². The second-order valence-electron chi connectivity index (χ2n) is 12.7. The third-order valence-electron chi connectivity index (χ3n) is 7.38. The van der Waals surface area contributed by atoms with Crippen LogP contribution in [0.15, 0.2) is 106 Å². The monoisotopic (exact) mass is 754 g/mol. The molecule has 0 atom stereocenters. The molecule has 0 nitrogen and oxygen atoms in total. The molecule has 0 saturated heterocycles. The first-order valence-electron chi connectivity index (χ1n) is 14.3. The molecule has 212 valence electrons. The minimum atomic E-state index is 0.177. The molecule has 4 aromatic carbocycles. The zero-order valence-electron chi connectivity index (χ0n) is 25.4. The van der Waals surface area contributed by atoms with E-state index in [0.717, 1.165) is 21.8 Å². The summed E-state index contributed by atoms with van der Waals surface area (Å²) in [7, 11) is 0. The normalized spacial score (nSPS) is 13.0. The van der Waals surface area contributed by atoms with Gasteiger partial charge in [-0.15, -0.1) is 12.0 Å². The van der Waals surface area contributed by atoms with Gasteiger partial charge in [0.25, 0.3) is 0 Å². The first-order valence-corrected chi connectivity index (χ1v) is 17.2. The van der Waals surface area contributed by atoms with Crippen molar-refractivity contribution in [2.75, 3.05) is 0 Å². The zero-order valence-corrected chi connectivity index (χ0v) is 31.0. The molecule has 4 aromatic rings. The van der Waals surface area contributed by atoms with Crippen LogP contribution in [0, 0.1) is 12.1 Å². The van der Waals surface area contributed by atoms with Crippen molar-refractivity contribution in [3.8, 4) is 11.1 Å². The summed E-state index contributed by atoms with van der Waals surface area (Å²) < 4.78 is 3.62. The van der Waals surface area contributed by atoms with E-state index in [-0.39, 0.29) is 10.8 Å². The summed E-state index contributed by atoms with van der Waals surface area (Å²) in [6.45, 7) is 13.6. The fourth-order valence-electron chi connectivity index (χ4n) is 4.72. The van der Waals surface area contributed by atoms with Crippen LogP contribution < -0.4 is 0 Å². The van der Waals surface area contributed by atoms with Gasteiger partial charge < -0.3 is 0 Å². The molecule has 0 fully saturated rings. The topological polar surface area (TPSA) is 0 Å². The minimum Gasteiger partial charge on any atom is -0.273 e. The van der Waals surface area contributed by atoms with E-state index in [9.17, 15) is 0 Å². The Morgan fingerprint density at radius 1 is 0.714 bits per heavy atom. The number of hydrogen-bond donors (Lipinski definition) is 0. The quantitative estimate of drug-likeness (QED) is 0.157. The third kappa shape index (κ3) is 8.81. The molecule has 6 rings (SSSR count). The van der Waals surface area contributed by atoms with Gasteiger partial charge >= 0.3 is 128 Å². The summed E-state index contributed by atoms with van der Waals surface area (Å²) in [5.74, 6) is 0. The average molecular weight is 758 g/mol. The zero-order chi connectivity index (χ0) is 30.5. The average Bonchev–Trinajstić information content (AvgIpc) is 3.64. The predicted octanol–water partition coefficient (Wildman–Crippen LogP) is 11.3. The summed E-state index contributed by atoms with van der Waals surface area (Å²) in [6, 6.07) is 32.0. The Bertz CT molecular complexity index is 1470. The third-order valence-corrected chi connectivity index (χ3v) is 9.85. The number of allylic oxidation sites excluding steroid dienone is 4. The van der Waals surface area contributed by atoms with E-state index >= 15 is 0 Å². The minimum absolute atomic E-state index is 0.177. The van der Waals surface area contributed by atoms with E-state index in [0.29, 0.717) is 0 Å². The van der Waals surface area contributed by atoms with Gasteiger partial charge in [-0.3, -0.25) is 6.08 Å². The molecule has 0 amide bonds. The van der Waals surface area contributed by atoms with Gasteiger partial charge in [0, 0.05) is 0 Å². The summed E-state index contributed by atoms with van der Waals surface area (Å²) in [5.41, 5.74) is 11.4. The second-order valence-corrected chi connectivity index (χ2v) is 15.8. The van der Waals surface area contributed by atoms with Crippen molar-refractivity contribution in [3.05, 3.63) is 152 Å². The van der Waals surface area contributed by atoms with Crippen molar-refractivity contribution >= 4 is 35.1 Å². The van der Waals surface area contributed by atoms with Crippen LogP contribution in [0.25, 0.3) is 11.1 Å². The first-order chi connectivity index (χ1) is 19.8. The Morgan fingerprint density at radius 3 is 1.71 bits per heavy atom. The van der Waals surface area contributed by atoms with Crippen molar-refractivity contribution in [1.29, 1.82) is 0 Å². The molecule has 2 aliphatic rings. The standard InChI is InChI=1S/C21H25.C13H8Br2.C5H5.Zr/c1-20(2,3)16-9-7-14-11-15-8-10-17(21(4,5)6)13-19(15)18(14)12-16;14-12-5-1-10(2-6-12)9-11-3-7-13(15)8-4-11;1-2-4-5-3-1;/h7,9-10,12-13H,11H2,1-6H3;1-8H;1-3H,4H2;/q-1;;-1;+2. The van der Waals surface area contributed by atoms with E-state index < -0.39 is 0 Å².